The van der Waals surface area contributed by atoms with Gasteiger partial charge in [0, 0.05) is 6.54 Å². The number of halogens is 2. The van der Waals surface area contributed by atoms with Crippen molar-refractivity contribution in [3.63, 3.8) is 0 Å². The van der Waals surface area contributed by atoms with Gasteiger partial charge in [-0.15, -0.1) is 0 Å². The summed E-state index contributed by atoms with van der Waals surface area (Å²) < 4.78 is 13.5. The van der Waals surface area contributed by atoms with Crippen LogP contribution in [0.2, 0.25) is 5.02 Å². The Hall–Kier alpha value is -2.44. The van der Waals surface area contributed by atoms with Gasteiger partial charge in [-0.25, -0.2) is 14.1 Å². The highest BCUT2D eigenvalue weighted by Gasteiger charge is 2.48. The number of hydrogen-bond acceptors (Lipinski definition) is 3. The Bertz CT molecular complexity index is 861. The highest BCUT2D eigenvalue weighted by molar-refractivity contribution is 6.31. The minimum Gasteiger partial charge on any atom is -0.315 e. The SMILES string of the molecule is O=C1[C@H]2NCC[C@H]2N(Cc2ccccc2)C(=O)N1c1ccc(F)c(Cl)c1. The zero-order valence-electron chi connectivity index (χ0n) is 13.9. The highest BCUT2D eigenvalue weighted by Crippen LogP contribution is 2.31. The number of imide groups is 1. The summed E-state index contributed by atoms with van der Waals surface area (Å²) in [7, 11) is 0. The molecule has 0 spiro atoms. The van der Waals surface area contributed by atoms with Gasteiger partial charge in [0.15, 0.2) is 0 Å². The molecule has 2 atom stereocenters. The number of benzene rings is 2. The lowest BCUT2D eigenvalue weighted by molar-refractivity contribution is -0.122. The topological polar surface area (TPSA) is 52.7 Å². The zero-order valence-corrected chi connectivity index (χ0v) is 14.6. The molecule has 2 aliphatic rings. The van der Waals surface area contributed by atoms with E-state index in [0.717, 1.165) is 16.5 Å². The van der Waals surface area contributed by atoms with E-state index < -0.39 is 17.9 Å². The monoisotopic (exact) mass is 373 g/mol. The molecule has 0 bridgehead atoms. The zero-order chi connectivity index (χ0) is 18.3. The lowest BCUT2D eigenvalue weighted by Gasteiger charge is -2.41. The maximum atomic E-state index is 13.5. The van der Waals surface area contributed by atoms with Crippen molar-refractivity contribution >= 4 is 29.2 Å². The van der Waals surface area contributed by atoms with E-state index in [2.05, 4.69) is 5.32 Å². The molecule has 3 amide bonds. The molecule has 4 rings (SSSR count). The van der Waals surface area contributed by atoms with Crippen molar-refractivity contribution in [1.82, 2.24) is 10.2 Å². The molecule has 2 saturated heterocycles. The lowest BCUT2D eigenvalue weighted by atomic mass is 10.0. The smallest absolute Gasteiger partial charge is 0.315 e. The summed E-state index contributed by atoms with van der Waals surface area (Å²) in [5, 5.41) is 3.05. The van der Waals surface area contributed by atoms with Crippen molar-refractivity contribution in [3.05, 3.63) is 64.9 Å². The Morgan fingerprint density at radius 3 is 2.65 bits per heavy atom. The van der Waals surface area contributed by atoms with Crippen molar-refractivity contribution in [1.29, 1.82) is 0 Å². The molecule has 7 heteroatoms. The molecule has 5 nitrogen and oxygen atoms in total. The molecule has 2 aromatic carbocycles. The Kier molecular flexibility index (Phi) is 4.38. The first-order chi connectivity index (χ1) is 12.6. The van der Waals surface area contributed by atoms with Gasteiger partial charge in [-0.2, -0.15) is 0 Å². The van der Waals surface area contributed by atoms with Gasteiger partial charge in [-0.05, 0) is 36.7 Å². The van der Waals surface area contributed by atoms with E-state index in [4.69, 9.17) is 11.6 Å². The number of nitrogens with zero attached hydrogens (tertiary/aromatic N) is 2. The quantitative estimate of drug-likeness (QED) is 0.899. The third-order valence-electron chi connectivity index (χ3n) is 4.87. The fourth-order valence-corrected chi connectivity index (χ4v) is 3.78. The summed E-state index contributed by atoms with van der Waals surface area (Å²) in [5.41, 5.74) is 1.26. The van der Waals surface area contributed by atoms with Gasteiger partial charge >= 0.3 is 6.03 Å². The molecule has 1 N–H and O–H groups in total. The number of rotatable bonds is 3. The second-order valence-corrected chi connectivity index (χ2v) is 6.86. The van der Waals surface area contributed by atoms with E-state index in [9.17, 15) is 14.0 Å². The minimum atomic E-state index is -0.592. The van der Waals surface area contributed by atoms with Crippen LogP contribution in [0.25, 0.3) is 0 Å². The molecule has 2 aromatic rings. The molecular weight excluding hydrogens is 357 g/mol. The van der Waals surface area contributed by atoms with Crippen molar-refractivity contribution in [2.24, 2.45) is 0 Å². The molecule has 0 unspecified atom stereocenters. The fourth-order valence-electron chi connectivity index (χ4n) is 3.61. The number of carbonyl (C=O) groups excluding carboxylic acids is 2. The highest BCUT2D eigenvalue weighted by atomic mass is 35.5. The summed E-state index contributed by atoms with van der Waals surface area (Å²) in [4.78, 5) is 28.8. The van der Waals surface area contributed by atoms with Crippen LogP contribution in [-0.4, -0.2) is 35.5 Å². The second kappa shape index (κ2) is 6.70. The summed E-state index contributed by atoms with van der Waals surface area (Å²) in [6.45, 7) is 1.07. The predicted octanol–water partition coefficient (Wildman–Crippen LogP) is 3.18. The van der Waals surface area contributed by atoms with Crippen molar-refractivity contribution in [2.75, 3.05) is 11.4 Å². The molecule has 0 aromatic heterocycles. The van der Waals surface area contributed by atoms with Crippen LogP contribution in [0.1, 0.15) is 12.0 Å². The normalized spacial score (nSPS) is 22.7. The van der Waals surface area contributed by atoms with Crippen molar-refractivity contribution in [3.8, 4) is 0 Å². The van der Waals surface area contributed by atoms with Crippen LogP contribution < -0.4 is 10.2 Å². The third kappa shape index (κ3) is 2.85. The number of anilines is 1. The molecule has 134 valence electrons. The number of amides is 3. The summed E-state index contributed by atoms with van der Waals surface area (Å²) in [5.74, 6) is -0.921. The Labute approximate surface area is 155 Å². The van der Waals surface area contributed by atoms with Gasteiger partial charge in [0.1, 0.15) is 11.9 Å². The standard InChI is InChI=1S/C19H17ClFN3O2/c20-14-10-13(6-7-15(14)21)24-18(25)17-16(8-9-22-17)23(19(24)26)11-12-4-2-1-3-5-12/h1-7,10,16-17,22H,8-9,11H2/t16-,17+/m1/s1. The second-order valence-electron chi connectivity index (χ2n) is 6.46. The van der Waals surface area contributed by atoms with E-state index >= 15 is 0 Å². The van der Waals surface area contributed by atoms with E-state index in [-0.39, 0.29) is 22.7 Å². The maximum absolute atomic E-state index is 13.5. The molecule has 2 aliphatic heterocycles. The van der Waals surface area contributed by atoms with Crippen molar-refractivity contribution < 1.29 is 14.0 Å². The molecule has 2 fully saturated rings. The summed E-state index contributed by atoms with van der Waals surface area (Å²) >= 11 is 5.85. The maximum Gasteiger partial charge on any atom is 0.332 e. The summed E-state index contributed by atoms with van der Waals surface area (Å²) in [6, 6.07) is 12.4. The number of urea groups is 1. The van der Waals surface area contributed by atoms with Gasteiger partial charge < -0.3 is 10.2 Å². The minimum absolute atomic E-state index is 0.126. The molecule has 0 saturated carbocycles. The first kappa shape index (κ1) is 17.0. The number of nitrogens with one attached hydrogen (secondary N) is 1. The lowest BCUT2D eigenvalue weighted by Crippen LogP contribution is -2.64. The Morgan fingerprint density at radius 2 is 1.92 bits per heavy atom. The first-order valence-corrected chi connectivity index (χ1v) is 8.81. The largest absolute Gasteiger partial charge is 0.332 e. The number of hydrogen-bond donors (Lipinski definition) is 1. The van der Waals surface area contributed by atoms with E-state index in [1.54, 1.807) is 4.90 Å². The Morgan fingerprint density at radius 1 is 1.15 bits per heavy atom. The predicted molar refractivity (Wildman–Crippen MR) is 96.5 cm³/mol. The van der Waals surface area contributed by atoms with Gasteiger partial charge in [-0.1, -0.05) is 41.9 Å². The van der Waals surface area contributed by atoms with Crippen LogP contribution in [-0.2, 0) is 11.3 Å². The van der Waals surface area contributed by atoms with Crippen LogP contribution in [0.3, 0.4) is 0 Å². The average molecular weight is 374 g/mol. The summed E-state index contributed by atoms with van der Waals surface area (Å²) in [6.07, 6.45) is 0.715. The third-order valence-corrected chi connectivity index (χ3v) is 5.16. The van der Waals surface area contributed by atoms with E-state index in [1.165, 1.54) is 12.1 Å². The van der Waals surface area contributed by atoms with Crippen molar-refractivity contribution in [2.45, 2.75) is 25.0 Å². The van der Waals surface area contributed by atoms with Crippen LogP contribution in [0, 0.1) is 5.82 Å². The van der Waals surface area contributed by atoms with E-state index in [1.807, 2.05) is 30.3 Å². The van der Waals surface area contributed by atoms with Gasteiger partial charge in [0.2, 0.25) is 0 Å². The van der Waals surface area contributed by atoms with Gasteiger partial charge in [-0.3, -0.25) is 4.79 Å². The van der Waals surface area contributed by atoms with E-state index in [0.29, 0.717) is 19.5 Å². The van der Waals surface area contributed by atoms with Crippen LogP contribution in [0.15, 0.2) is 48.5 Å². The molecule has 0 radical (unpaired) electrons. The molecule has 26 heavy (non-hydrogen) atoms. The van der Waals surface area contributed by atoms with Gasteiger partial charge in [0.25, 0.3) is 5.91 Å². The van der Waals surface area contributed by atoms with Gasteiger partial charge in [0.05, 0.1) is 16.8 Å². The van der Waals surface area contributed by atoms with Crippen LogP contribution in [0.5, 0.6) is 0 Å². The number of carbonyl (C=O) groups is 2. The first-order valence-electron chi connectivity index (χ1n) is 8.43. The molecule has 0 aliphatic carbocycles. The molecular formula is C19H17ClFN3O2. The molecule has 2 heterocycles. The Balaban J connectivity index is 1.71. The fraction of sp³-hybridized carbons (Fsp3) is 0.263. The van der Waals surface area contributed by atoms with Crippen LogP contribution >= 0.6 is 11.6 Å². The number of fused-ring (bicyclic) bond motifs is 1. The van der Waals surface area contributed by atoms with Crippen LogP contribution in [0.4, 0.5) is 14.9 Å². The average Bonchev–Trinajstić information content (AvgIpc) is 3.13.